The van der Waals surface area contributed by atoms with Gasteiger partial charge in [0.2, 0.25) is 0 Å². The SMILES string of the molecule is CCN(C(=O)c1ccc(C(=O)Nc2cccc3cccnc23)cc1)c1ccccc1. The second kappa shape index (κ2) is 8.57. The number of para-hydroxylation sites is 2. The molecular formula is C25H21N3O2. The van der Waals surface area contributed by atoms with Crippen LogP contribution in [0.1, 0.15) is 27.6 Å². The Kier molecular flexibility index (Phi) is 5.52. The summed E-state index contributed by atoms with van der Waals surface area (Å²) in [5.41, 5.74) is 3.24. The van der Waals surface area contributed by atoms with Crippen molar-refractivity contribution < 1.29 is 9.59 Å². The van der Waals surface area contributed by atoms with Crippen LogP contribution in [-0.2, 0) is 0 Å². The summed E-state index contributed by atoms with van der Waals surface area (Å²) in [5, 5.41) is 3.87. The van der Waals surface area contributed by atoms with Crippen molar-refractivity contribution in [3.8, 4) is 0 Å². The van der Waals surface area contributed by atoms with Gasteiger partial charge in [0.25, 0.3) is 11.8 Å². The molecule has 0 atom stereocenters. The summed E-state index contributed by atoms with van der Waals surface area (Å²) in [5.74, 6) is -0.350. The number of carbonyl (C=O) groups is 2. The summed E-state index contributed by atoms with van der Waals surface area (Å²) in [6.07, 6.45) is 1.70. The first-order valence-corrected chi connectivity index (χ1v) is 9.79. The number of hydrogen-bond donors (Lipinski definition) is 1. The molecule has 0 fully saturated rings. The maximum absolute atomic E-state index is 12.9. The van der Waals surface area contributed by atoms with Crippen LogP contribution >= 0.6 is 0 Å². The molecule has 0 aliphatic carbocycles. The molecule has 0 unspecified atom stereocenters. The molecule has 4 aromatic rings. The minimum atomic E-state index is -0.248. The fourth-order valence-electron chi connectivity index (χ4n) is 3.37. The third-order valence-electron chi connectivity index (χ3n) is 4.90. The van der Waals surface area contributed by atoms with Crippen molar-refractivity contribution in [1.29, 1.82) is 0 Å². The van der Waals surface area contributed by atoms with E-state index >= 15 is 0 Å². The van der Waals surface area contributed by atoms with Crippen molar-refractivity contribution in [3.05, 3.63) is 102 Å². The lowest BCUT2D eigenvalue weighted by atomic mass is 10.1. The molecule has 1 N–H and O–H groups in total. The third kappa shape index (κ3) is 3.91. The first-order chi connectivity index (χ1) is 14.7. The van der Waals surface area contributed by atoms with Crippen LogP contribution in [0.15, 0.2) is 91.1 Å². The van der Waals surface area contributed by atoms with Gasteiger partial charge in [-0.2, -0.15) is 0 Å². The van der Waals surface area contributed by atoms with Gasteiger partial charge >= 0.3 is 0 Å². The first kappa shape index (κ1) is 19.3. The van der Waals surface area contributed by atoms with E-state index in [2.05, 4.69) is 10.3 Å². The number of hydrogen-bond acceptors (Lipinski definition) is 3. The van der Waals surface area contributed by atoms with E-state index in [1.807, 2.05) is 67.6 Å². The van der Waals surface area contributed by atoms with Crippen LogP contribution in [0.2, 0.25) is 0 Å². The summed E-state index contributed by atoms with van der Waals surface area (Å²) < 4.78 is 0. The number of amides is 2. The van der Waals surface area contributed by atoms with Crippen LogP contribution in [0.4, 0.5) is 11.4 Å². The first-order valence-electron chi connectivity index (χ1n) is 9.79. The van der Waals surface area contributed by atoms with Crippen LogP contribution in [0, 0.1) is 0 Å². The molecule has 3 aromatic carbocycles. The van der Waals surface area contributed by atoms with Crippen LogP contribution in [0.25, 0.3) is 10.9 Å². The highest BCUT2D eigenvalue weighted by Gasteiger charge is 2.17. The van der Waals surface area contributed by atoms with Gasteiger partial charge in [0, 0.05) is 34.9 Å². The van der Waals surface area contributed by atoms with Crippen molar-refractivity contribution in [1.82, 2.24) is 4.98 Å². The average Bonchev–Trinajstić information content (AvgIpc) is 2.80. The number of fused-ring (bicyclic) bond motifs is 1. The largest absolute Gasteiger partial charge is 0.320 e. The van der Waals surface area contributed by atoms with Crippen molar-refractivity contribution in [2.45, 2.75) is 6.92 Å². The number of anilines is 2. The van der Waals surface area contributed by atoms with Gasteiger partial charge in [0.15, 0.2) is 0 Å². The van der Waals surface area contributed by atoms with Crippen molar-refractivity contribution in [2.24, 2.45) is 0 Å². The molecule has 0 bridgehead atoms. The quantitative estimate of drug-likeness (QED) is 0.508. The number of carbonyl (C=O) groups excluding carboxylic acids is 2. The Morgan fingerprint density at radius 2 is 1.53 bits per heavy atom. The van der Waals surface area contributed by atoms with E-state index in [0.29, 0.717) is 23.4 Å². The molecule has 1 aromatic heterocycles. The van der Waals surface area contributed by atoms with Gasteiger partial charge in [-0.3, -0.25) is 14.6 Å². The Balaban J connectivity index is 1.53. The molecule has 30 heavy (non-hydrogen) atoms. The molecule has 4 rings (SSSR count). The normalized spacial score (nSPS) is 10.6. The smallest absolute Gasteiger partial charge is 0.258 e. The predicted molar refractivity (Wildman–Crippen MR) is 120 cm³/mol. The number of rotatable bonds is 5. The van der Waals surface area contributed by atoms with Crippen LogP contribution in [0.3, 0.4) is 0 Å². The van der Waals surface area contributed by atoms with E-state index in [-0.39, 0.29) is 11.8 Å². The second-order valence-electron chi connectivity index (χ2n) is 6.80. The van der Waals surface area contributed by atoms with Gasteiger partial charge < -0.3 is 10.2 Å². The zero-order chi connectivity index (χ0) is 20.9. The maximum Gasteiger partial charge on any atom is 0.258 e. The second-order valence-corrected chi connectivity index (χ2v) is 6.80. The van der Waals surface area contributed by atoms with Crippen molar-refractivity contribution >= 4 is 34.1 Å². The Morgan fingerprint density at radius 1 is 0.833 bits per heavy atom. The molecular weight excluding hydrogens is 374 g/mol. The molecule has 1 heterocycles. The number of nitrogens with one attached hydrogen (secondary N) is 1. The number of benzene rings is 3. The lowest BCUT2D eigenvalue weighted by Crippen LogP contribution is -2.30. The van der Waals surface area contributed by atoms with Crippen LogP contribution in [-0.4, -0.2) is 23.3 Å². The lowest BCUT2D eigenvalue weighted by molar-refractivity contribution is 0.0985. The van der Waals surface area contributed by atoms with Gasteiger partial charge in [0.05, 0.1) is 11.2 Å². The van der Waals surface area contributed by atoms with Gasteiger partial charge in [-0.25, -0.2) is 0 Å². The number of aromatic nitrogens is 1. The minimum absolute atomic E-state index is 0.103. The molecule has 0 saturated carbocycles. The van der Waals surface area contributed by atoms with Crippen molar-refractivity contribution in [2.75, 3.05) is 16.8 Å². The van der Waals surface area contributed by atoms with Gasteiger partial charge in [0.1, 0.15) is 0 Å². The van der Waals surface area contributed by atoms with Gasteiger partial charge in [-0.1, -0.05) is 36.4 Å². The predicted octanol–water partition coefficient (Wildman–Crippen LogP) is 5.15. The highest BCUT2D eigenvalue weighted by Crippen LogP contribution is 2.22. The Labute approximate surface area is 175 Å². The molecule has 0 spiro atoms. The molecule has 0 radical (unpaired) electrons. The minimum Gasteiger partial charge on any atom is -0.320 e. The number of pyridine rings is 1. The summed E-state index contributed by atoms with van der Waals surface area (Å²) in [4.78, 5) is 31.7. The van der Waals surface area contributed by atoms with Crippen LogP contribution < -0.4 is 10.2 Å². The zero-order valence-corrected chi connectivity index (χ0v) is 16.6. The standard InChI is InChI=1S/C25H21N3O2/c1-2-28(21-10-4-3-5-11-21)25(30)20-15-13-19(14-16-20)24(29)27-22-12-6-8-18-9-7-17-26-23(18)22/h3-17H,2H2,1H3,(H,27,29). The molecule has 5 nitrogen and oxygen atoms in total. The summed E-state index contributed by atoms with van der Waals surface area (Å²) in [6.45, 7) is 2.49. The summed E-state index contributed by atoms with van der Waals surface area (Å²) >= 11 is 0. The highest BCUT2D eigenvalue weighted by molar-refractivity contribution is 6.10. The molecule has 0 saturated heterocycles. The van der Waals surface area contributed by atoms with E-state index in [1.54, 1.807) is 35.4 Å². The third-order valence-corrected chi connectivity index (χ3v) is 4.90. The molecule has 148 valence electrons. The van der Waals surface area contributed by atoms with Gasteiger partial charge in [-0.05, 0) is 55.5 Å². The lowest BCUT2D eigenvalue weighted by Gasteiger charge is -2.21. The maximum atomic E-state index is 12.9. The monoisotopic (exact) mass is 395 g/mol. The summed E-state index contributed by atoms with van der Waals surface area (Å²) in [7, 11) is 0. The highest BCUT2D eigenvalue weighted by atomic mass is 16.2. The van der Waals surface area contributed by atoms with E-state index in [4.69, 9.17) is 0 Å². The molecule has 5 heteroatoms. The van der Waals surface area contributed by atoms with E-state index in [9.17, 15) is 9.59 Å². The van der Waals surface area contributed by atoms with Crippen LogP contribution in [0.5, 0.6) is 0 Å². The number of nitrogens with zero attached hydrogens (tertiary/aromatic N) is 2. The Hall–Kier alpha value is -3.99. The molecule has 0 aliphatic heterocycles. The topological polar surface area (TPSA) is 62.3 Å². The molecule has 2 amide bonds. The molecule has 0 aliphatic rings. The van der Waals surface area contributed by atoms with E-state index < -0.39 is 0 Å². The fourth-order valence-corrected chi connectivity index (χ4v) is 3.37. The van der Waals surface area contributed by atoms with Crippen molar-refractivity contribution in [3.63, 3.8) is 0 Å². The zero-order valence-electron chi connectivity index (χ0n) is 16.6. The fraction of sp³-hybridized carbons (Fsp3) is 0.0800. The van der Waals surface area contributed by atoms with E-state index in [1.165, 1.54) is 0 Å². The van der Waals surface area contributed by atoms with E-state index in [0.717, 1.165) is 16.6 Å². The Morgan fingerprint density at radius 3 is 2.27 bits per heavy atom. The van der Waals surface area contributed by atoms with Gasteiger partial charge in [-0.15, -0.1) is 0 Å². The summed E-state index contributed by atoms with van der Waals surface area (Å²) in [6, 6.07) is 25.7. The Bertz CT molecular complexity index is 1180. The average molecular weight is 395 g/mol.